The maximum atomic E-state index is 10.4. The molecule has 0 radical (unpaired) electrons. The molecule has 0 aliphatic heterocycles. The van der Waals surface area contributed by atoms with Crippen molar-refractivity contribution in [1.29, 1.82) is 0 Å². The van der Waals surface area contributed by atoms with Gasteiger partial charge in [-0.05, 0) is 30.5 Å². The van der Waals surface area contributed by atoms with Gasteiger partial charge in [0.2, 0.25) is 0 Å². The molecule has 1 heterocycles. The normalized spacial score (nSPS) is 15.7. The molecule has 0 atom stereocenters. The lowest BCUT2D eigenvalue weighted by Crippen LogP contribution is -1.96. The van der Waals surface area contributed by atoms with Crippen molar-refractivity contribution in [2.75, 3.05) is 0 Å². The second-order valence-electron chi connectivity index (χ2n) is 3.96. The highest BCUT2D eigenvalue weighted by Gasteiger charge is 2.26. The molecule has 0 spiro atoms. The minimum atomic E-state index is 0.464. The first-order chi connectivity index (χ1) is 7.38. The summed E-state index contributed by atoms with van der Waals surface area (Å²) in [6.45, 7) is 0. The fourth-order valence-electron chi connectivity index (χ4n) is 1.79. The van der Waals surface area contributed by atoms with Gasteiger partial charge in [-0.2, -0.15) is 0 Å². The molecule has 1 aromatic heterocycles. The Balaban J connectivity index is 2.13. The number of fused-ring (bicyclic) bond motifs is 1. The molecule has 0 amide bonds. The quantitative estimate of drug-likeness (QED) is 0.707. The molecule has 1 saturated carbocycles. The van der Waals surface area contributed by atoms with Gasteiger partial charge in [0.05, 0.1) is 11.6 Å². The first kappa shape index (κ1) is 8.59. The summed E-state index contributed by atoms with van der Waals surface area (Å²) < 4.78 is 1.98. The SMILES string of the molecule is O=CCc1ccc2nnn(C3CC3)c2c1. The molecule has 1 fully saturated rings. The highest BCUT2D eigenvalue weighted by atomic mass is 16.1. The van der Waals surface area contributed by atoms with Gasteiger partial charge >= 0.3 is 0 Å². The summed E-state index contributed by atoms with van der Waals surface area (Å²) in [7, 11) is 0. The smallest absolute Gasteiger partial charge is 0.124 e. The van der Waals surface area contributed by atoms with Crippen molar-refractivity contribution >= 4 is 17.3 Å². The fraction of sp³-hybridized carbons (Fsp3) is 0.364. The summed E-state index contributed by atoms with van der Waals surface area (Å²) in [4.78, 5) is 10.4. The average molecular weight is 201 g/mol. The molecule has 0 bridgehead atoms. The van der Waals surface area contributed by atoms with Crippen molar-refractivity contribution in [3.63, 3.8) is 0 Å². The van der Waals surface area contributed by atoms with Crippen molar-refractivity contribution in [3.05, 3.63) is 23.8 Å². The van der Waals surface area contributed by atoms with E-state index in [-0.39, 0.29) is 0 Å². The van der Waals surface area contributed by atoms with Crippen LogP contribution in [0, 0.1) is 0 Å². The molecule has 0 N–H and O–H groups in total. The summed E-state index contributed by atoms with van der Waals surface area (Å²) in [5, 5.41) is 8.24. The number of carbonyl (C=O) groups excluding carboxylic acids is 1. The molecule has 4 heteroatoms. The molecule has 15 heavy (non-hydrogen) atoms. The van der Waals surface area contributed by atoms with E-state index < -0.39 is 0 Å². The third kappa shape index (κ3) is 1.42. The summed E-state index contributed by atoms with van der Waals surface area (Å²) in [6.07, 6.45) is 3.77. The predicted molar refractivity (Wildman–Crippen MR) is 55.6 cm³/mol. The maximum absolute atomic E-state index is 10.4. The van der Waals surface area contributed by atoms with Crippen LogP contribution in [0.25, 0.3) is 11.0 Å². The Hall–Kier alpha value is -1.71. The van der Waals surface area contributed by atoms with Gasteiger partial charge < -0.3 is 4.79 Å². The second-order valence-corrected chi connectivity index (χ2v) is 3.96. The molecular weight excluding hydrogens is 190 g/mol. The van der Waals surface area contributed by atoms with Crippen molar-refractivity contribution in [3.8, 4) is 0 Å². The molecule has 1 aliphatic carbocycles. The number of carbonyl (C=O) groups is 1. The van der Waals surface area contributed by atoms with Crippen LogP contribution in [0.5, 0.6) is 0 Å². The Bertz CT molecular complexity index is 514. The number of hydrogen-bond acceptors (Lipinski definition) is 3. The summed E-state index contributed by atoms with van der Waals surface area (Å²) >= 11 is 0. The van der Waals surface area contributed by atoms with E-state index in [0.29, 0.717) is 12.5 Å². The second kappa shape index (κ2) is 3.15. The molecule has 1 aromatic carbocycles. The molecule has 0 saturated heterocycles. The van der Waals surface area contributed by atoms with Crippen LogP contribution in [0.2, 0.25) is 0 Å². The van der Waals surface area contributed by atoms with E-state index in [1.54, 1.807) is 0 Å². The van der Waals surface area contributed by atoms with Crippen molar-refractivity contribution in [2.24, 2.45) is 0 Å². The Morgan fingerprint density at radius 2 is 2.33 bits per heavy atom. The van der Waals surface area contributed by atoms with E-state index in [2.05, 4.69) is 10.3 Å². The molecule has 2 aromatic rings. The Morgan fingerprint density at radius 3 is 3.07 bits per heavy atom. The highest BCUT2D eigenvalue weighted by Crippen LogP contribution is 2.36. The average Bonchev–Trinajstić information content (AvgIpc) is 3.00. The Kier molecular flexibility index (Phi) is 1.80. The van der Waals surface area contributed by atoms with Gasteiger partial charge in [0.1, 0.15) is 11.8 Å². The third-order valence-electron chi connectivity index (χ3n) is 2.75. The summed E-state index contributed by atoms with van der Waals surface area (Å²) in [5.74, 6) is 0. The predicted octanol–water partition coefficient (Wildman–Crippen LogP) is 1.51. The molecule has 0 unspecified atom stereocenters. The molecular formula is C11H11N3O. The third-order valence-corrected chi connectivity index (χ3v) is 2.75. The van der Waals surface area contributed by atoms with E-state index in [4.69, 9.17) is 0 Å². The first-order valence-electron chi connectivity index (χ1n) is 5.16. The lowest BCUT2D eigenvalue weighted by atomic mass is 10.1. The summed E-state index contributed by atoms with van der Waals surface area (Å²) in [5.41, 5.74) is 3.00. The van der Waals surface area contributed by atoms with Crippen LogP contribution in [-0.4, -0.2) is 21.3 Å². The number of aromatic nitrogens is 3. The van der Waals surface area contributed by atoms with E-state index in [0.717, 1.165) is 22.9 Å². The fourth-order valence-corrected chi connectivity index (χ4v) is 1.79. The van der Waals surface area contributed by atoms with Crippen LogP contribution in [0.1, 0.15) is 24.4 Å². The number of rotatable bonds is 3. The van der Waals surface area contributed by atoms with E-state index in [1.807, 2.05) is 22.9 Å². The van der Waals surface area contributed by atoms with Gasteiger partial charge in [0, 0.05) is 6.42 Å². The Morgan fingerprint density at radius 1 is 1.47 bits per heavy atom. The van der Waals surface area contributed by atoms with Crippen molar-refractivity contribution in [1.82, 2.24) is 15.0 Å². The largest absolute Gasteiger partial charge is 0.303 e. The minimum Gasteiger partial charge on any atom is -0.303 e. The maximum Gasteiger partial charge on any atom is 0.124 e. The van der Waals surface area contributed by atoms with Crippen LogP contribution < -0.4 is 0 Å². The number of hydrogen-bond donors (Lipinski definition) is 0. The van der Waals surface area contributed by atoms with Crippen LogP contribution in [0.15, 0.2) is 18.2 Å². The number of nitrogens with zero attached hydrogens (tertiary/aromatic N) is 3. The van der Waals surface area contributed by atoms with Crippen LogP contribution >= 0.6 is 0 Å². The summed E-state index contributed by atoms with van der Waals surface area (Å²) in [6, 6.07) is 6.41. The number of aldehydes is 1. The molecule has 4 nitrogen and oxygen atoms in total. The molecule has 3 rings (SSSR count). The van der Waals surface area contributed by atoms with E-state index in [1.165, 1.54) is 12.8 Å². The zero-order valence-corrected chi connectivity index (χ0v) is 8.26. The van der Waals surface area contributed by atoms with Gasteiger partial charge in [-0.3, -0.25) is 0 Å². The highest BCUT2D eigenvalue weighted by molar-refractivity contribution is 5.76. The zero-order chi connectivity index (χ0) is 10.3. The lowest BCUT2D eigenvalue weighted by molar-refractivity contribution is -0.107. The van der Waals surface area contributed by atoms with Crippen LogP contribution in [0.3, 0.4) is 0 Å². The van der Waals surface area contributed by atoms with Crippen molar-refractivity contribution in [2.45, 2.75) is 25.3 Å². The van der Waals surface area contributed by atoms with Gasteiger partial charge in [-0.15, -0.1) is 5.10 Å². The van der Waals surface area contributed by atoms with Gasteiger partial charge in [0.15, 0.2) is 0 Å². The standard InChI is InChI=1S/C11H11N3O/c15-6-5-8-1-4-10-11(7-8)14(13-12-10)9-2-3-9/h1,4,6-7,9H,2-3,5H2. The van der Waals surface area contributed by atoms with Gasteiger partial charge in [0.25, 0.3) is 0 Å². The number of benzene rings is 1. The van der Waals surface area contributed by atoms with Crippen molar-refractivity contribution < 1.29 is 4.79 Å². The molecule has 1 aliphatic rings. The van der Waals surface area contributed by atoms with E-state index in [9.17, 15) is 4.79 Å². The van der Waals surface area contributed by atoms with Gasteiger partial charge in [-0.1, -0.05) is 11.3 Å². The van der Waals surface area contributed by atoms with Crippen LogP contribution in [0.4, 0.5) is 0 Å². The Labute approximate surface area is 86.9 Å². The minimum absolute atomic E-state index is 0.464. The lowest BCUT2D eigenvalue weighted by Gasteiger charge is -1.99. The molecule has 76 valence electrons. The van der Waals surface area contributed by atoms with E-state index >= 15 is 0 Å². The topological polar surface area (TPSA) is 47.8 Å². The first-order valence-corrected chi connectivity index (χ1v) is 5.16. The van der Waals surface area contributed by atoms with Crippen LogP contribution in [-0.2, 0) is 11.2 Å². The zero-order valence-electron chi connectivity index (χ0n) is 8.26. The van der Waals surface area contributed by atoms with Gasteiger partial charge in [-0.25, -0.2) is 4.68 Å². The monoisotopic (exact) mass is 201 g/mol.